The summed E-state index contributed by atoms with van der Waals surface area (Å²) in [7, 11) is 0. The Hall–Kier alpha value is -1.37. The largest absolute Gasteiger partial charge is 0.264 e. The smallest absolute Gasteiger partial charge is 0.0847 e. The zero-order valence-electron chi connectivity index (χ0n) is 14.4. The molecule has 0 atom stereocenters. The van der Waals surface area contributed by atoms with Gasteiger partial charge >= 0.3 is 0 Å². The number of aromatic nitrogens is 1. The summed E-state index contributed by atoms with van der Waals surface area (Å²) in [6.45, 7) is -2.76. The molecule has 1 nitrogen and oxygen atoms in total. The number of fused-ring (bicyclic) bond motifs is 1. The van der Waals surface area contributed by atoms with Crippen LogP contribution in [-0.2, 0) is 0 Å². The highest BCUT2D eigenvalue weighted by molar-refractivity contribution is 5.84. The van der Waals surface area contributed by atoms with Crippen LogP contribution in [-0.4, -0.2) is 4.98 Å². The topological polar surface area (TPSA) is 12.9 Å². The van der Waals surface area contributed by atoms with Crippen molar-refractivity contribution >= 4 is 10.8 Å². The van der Waals surface area contributed by atoms with E-state index in [0.717, 1.165) is 0 Å². The molecule has 0 aliphatic heterocycles. The van der Waals surface area contributed by atoms with Gasteiger partial charge in [-0.3, -0.25) is 4.98 Å². The maximum absolute atomic E-state index is 7.80. The number of hydrogen-bond acceptors (Lipinski definition) is 1. The first-order chi connectivity index (χ1) is 9.07. The van der Waals surface area contributed by atoms with Crippen molar-refractivity contribution in [3.8, 4) is 0 Å². The monoisotopic (exact) mass is 152 g/mol. The first-order valence-electron chi connectivity index (χ1n) is 7.45. The predicted octanol–water partition coefficient (Wildman–Crippen LogP) is 2.54. The third-order valence-electron chi connectivity index (χ3n) is 1.27. The normalized spacial score (nSPS) is 23.1. The van der Waals surface area contributed by atoms with Crippen molar-refractivity contribution < 1.29 is 12.3 Å². The number of aryl methyl sites for hydroxylation is 1. The van der Waals surface area contributed by atoms with Gasteiger partial charge < -0.3 is 0 Å². The van der Waals surface area contributed by atoms with Crippen LogP contribution < -0.4 is 0 Å². The standard InChI is InChI=1S/C10H9N/c1-8-6-11-7-9-4-2-3-5-10(8)9/h2-7H,1H3/i1D3,2D,3D,4D,5D,6D,7D. The van der Waals surface area contributed by atoms with Crippen LogP contribution in [0, 0.1) is 6.85 Å². The molecule has 54 valence electrons. The van der Waals surface area contributed by atoms with Crippen LogP contribution in [0.15, 0.2) is 36.5 Å². The summed E-state index contributed by atoms with van der Waals surface area (Å²) >= 11 is 0. The maximum Gasteiger partial charge on any atom is 0.0847 e. The van der Waals surface area contributed by atoms with E-state index >= 15 is 0 Å². The van der Waals surface area contributed by atoms with E-state index in [0.29, 0.717) is 0 Å². The molecule has 0 bridgehead atoms. The van der Waals surface area contributed by atoms with Crippen LogP contribution in [0.4, 0.5) is 0 Å². The van der Waals surface area contributed by atoms with Crippen molar-refractivity contribution in [2.24, 2.45) is 0 Å². The second-order valence-electron chi connectivity index (χ2n) is 1.96. The Kier molecular flexibility index (Phi) is 0.397. The molecule has 1 heteroatoms. The fourth-order valence-corrected chi connectivity index (χ4v) is 0.780. The number of pyridine rings is 1. The van der Waals surface area contributed by atoms with E-state index < -0.39 is 48.9 Å². The lowest BCUT2D eigenvalue weighted by molar-refractivity contribution is 1.31. The van der Waals surface area contributed by atoms with Gasteiger partial charge in [0.15, 0.2) is 0 Å². The van der Waals surface area contributed by atoms with E-state index in [1.165, 1.54) is 0 Å². The van der Waals surface area contributed by atoms with Gasteiger partial charge in [-0.15, -0.1) is 0 Å². The molecule has 0 fully saturated rings. The molecule has 11 heavy (non-hydrogen) atoms. The summed E-state index contributed by atoms with van der Waals surface area (Å²) in [6.07, 6.45) is -1.21. The Bertz CT molecular complexity index is 719. The van der Waals surface area contributed by atoms with Gasteiger partial charge in [0.25, 0.3) is 0 Å². The van der Waals surface area contributed by atoms with Crippen LogP contribution >= 0.6 is 0 Å². The second kappa shape index (κ2) is 2.35. The SMILES string of the molecule is [2H]c1nc([2H])c2c([2H])c([2H])c([2H])c([2H])c2c1C([2H])([2H])[2H]. The minimum absolute atomic E-state index is 0.280. The molecule has 0 spiro atoms. The van der Waals surface area contributed by atoms with Crippen LogP contribution in [0.1, 0.15) is 17.9 Å². The Morgan fingerprint density at radius 1 is 1.36 bits per heavy atom. The zero-order valence-corrected chi connectivity index (χ0v) is 5.45. The molecule has 1 heterocycles. The van der Waals surface area contributed by atoms with Gasteiger partial charge in [0.05, 0.1) is 8.22 Å². The Morgan fingerprint density at radius 2 is 2.27 bits per heavy atom. The fourth-order valence-electron chi connectivity index (χ4n) is 0.780. The third kappa shape index (κ3) is 0.984. The van der Waals surface area contributed by atoms with Crippen LogP contribution in [0.5, 0.6) is 0 Å². The lowest BCUT2D eigenvalue weighted by atomic mass is 10.1. The minimum Gasteiger partial charge on any atom is -0.264 e. The first-order valence-corrected chi connectivity index (χ1v) is 2.95. The molecular formula is C10H9N. The average Bonchev–Trinajstić information content (AvgIpc) is 2.31. The van der Waals surface area contributed by atoms with Gasteiger partial charge in [-0.25, -0.2) is 0 Å². The number of benzene rings is 1. The highest BCUT2D eigenvalue weighted by atomic mass is 14.6. The molecule has 0 aliphatic carbocycles. The summed E-state index contributed by atoms with van der Waals surface area (Å²) in [5.74, 6) is 0. The molecule has 2 rings (SSSR count). The quantitative estimate of drug-likeness (QED) is 0.565. The Morgan fingerprint density at radius 3 is 3.18 bits per heavy atom. The van der Waals surface area contributed by atoms with E-state index in [9.17, 15) is 0 Å². The lowest BCUT2D eigenvalue weighted by Crippen LogP contribution is -1.79. The molecule has 0 aliphatic rings. The molecule has 0 radical (unpaired) electrons. The van der Waals surface area contributed by atoms with Crippen molar-refractivity contribution in [1.29, 1.82) is 0 Å². The van der Waals surface area contributed by atoms with Gasteiger partial charge in [-0.2, -0.15) is 0 Å². The molecule has 1 aromatic carbocycles. The van der Waals surface area contributed by atoms with Gasteiger partial charge in [-0.05, 0) is 17.8 Å². The van der Waals surface area contributed by atoms with E-state index in [1.54, 1.807) is 0 Å². The summed E-state index contributed by atoms with van der Waals surface area (Å²) in [5, 5.41) is -0.612. The molecule has 0 amide bonds. The summed E-state index contributed by atoms with van der Waals surface area (Å²) in [4.78, 5) is 3.47. The highest BCUT2D eigenvalue weighted by Gasteiger charge is 1.93. The Balaban J connectivity index is 3.19. The van der Waals surface area contributed by atoms with E-state index in [-0.39, 0.29) is 10.8 Å². The van der Waals surface area contributed by atoms with Crippen LogP contribution in [0.2, 0.25) is 0 Å². The van der Waals surface area contributed by atoms with Crippen LogP contribution in [0.25, 0.3) is 10.8 Å². The zero-order chi connectivity index (χ0) is 15.4. The molecule has 1 aromatic heterocycles. The number of hydrogen-bond donors (Lipinski definition) is 0. The Labute approximate surface area is 78.3 Å². The van der Waals surface area contributed by atoms with Gasteiger partial charge in [0.1, 0.15) is 0 Å². The summed E-state index contributed by atoms with van der Waals surface area (Å²) in [6, 6.07) is -2.26. The van der Waals surface area contributed by atoms with Crippen molar-refractivity contribution in [2.45, 2.75) is 6.85 Å². The molecule has 2 aromatic rings. The maximum atomic E-state index is 7.80. The lowest BCUT2D eigenvalue weighted by Gasteiger charge is -1.98. The van der Waals surface area contributed by atoms with Crippen molar-refractivity contribution in [3.05, 3.63) is 42.1 Å². The third-order valence-corrected chi connectivity index (χ3v) is 1.27. The van der Waals surface area contributed by atoms with E-state index in [2.05, 4.69) is 4.98 Å². The number of rotatable bonds is 0. The van der Waals surface area contributed by atoms with Gasteiger partial charge in [0, 0.05) is 21.8 Å². The van der Waals surface area contributed by atoms with Crippen molar-refractivity contribution in [1.82, 2.24) is 4.98 Å². The molecular weight excluding hydrogens is 134 g/mol. The van der Waals surface area contributed by atoms with Gasteiger partial charge in [-0.1, -0.05) is 24.2 Å². The highest BCUT2D eigenvalue weighted by Crippen LogP contribution is 2.14. The van der Waals surface area contributed by atoms with Crippen LogP contribution in [0.3, 0.4) is 0 Å². The minimum atomic E-state index is -2.76. The molecule has 0 N–H and O–H groups in total. The first kappa shape index (κ1) is 1.86. The van der Waals surface area contributed by atoms with Crippen molar-refractivity contribution in [3.63, 3.8) is 0 Å². The molecule has 0 saturated carbocycles. The molecule has 0 saturated heterocycles. The second-order valence-corrected chi connectivity index (χ2v) is 1.96. The predicted molar refractivity (Wildman–Crippen MR) is 46.5 cm³/mol. The van der Waals surface area contributed by atoms with E-state index in [1.807, 2.05) is 0 Å². The van der Waals surface area contributed by atoms with E-state index in [4.69, 9.17) is 12.3 Å². The fraction of sp³-hybridized carbons (Fsp3) is 0.100. The number of nitrogens with zero attached hydrogens (tertiary/aromatic N) is 1. The van der Waals surface area contributed by atoms with Crippen molar-refractivity contribution in [2.75, 3.05) is 0 Å². The summed E-state index contributed by atoms with van der Waals surface area (Å²) < 4.78 is 68.2. The van der Waals surface area contributed by atoms with Gasteiger partial charge in [0.2, 0.25) is 0 Å². The summed E-state index contributed by atoms with van der Waals surface area (Å²) in [5.41, 5.74) is -0.560. The molecule has 0 unspecified atom stereocenters. The average molecular weight is 152 g/mol.